The molecule has 5 heteroatoms. The summed E-state index contributed by atoms with van der Waals surface area (Å²) in [7, 11) is 0. The molecular weight excluding hydrogens is 270 g/mol. The molecule has 0 aliphatic heterocycles. The Hall–Kier alpha value is -0.200. The van der Waals surface area contributed by atoms with E-state index in [1.54, 1.807) is 0 Å². The standard InChI is InChI=1S/C16H33NO4/c1-3-19-11-15(18)12-21-16(13-20-4-2)10-17-14-8-6-5-7-9-14/h14-18H,3-13H2,1-2H3. The van der Waals surface area contributed by atoms with E-state index in [9.17, 15) is 5.11 Å². The molecule has 0 saturated heterocycles. The highest BCUT2D eigenvalue weighted by Gasteiger charge is 2.17. The molecule has 0 amide bonds. The van der Waals surface area contributed by atoms with Gasteiger partial charge in [-0.2, -0.15) is 0 Å². The molecule has 1 rings (SSSR count). The molecule has 1 saturated carbocycles. The van der Waals surface area contributed by atoms with Crippen LogP contribution >= 0.6 is 0 Å². The van der Waals surface area contributed by atoms with Gasteiger partial charge in [-0.1, -0.05) is 19.3 Å². The average Bonchev–Trinajstić information content (AvgIpc) is 2.53. The van der Waals surface area contributed by atoms with Crippen molar-refractivity contribution < 1.29 is 19.3 Å². The zero-order valence-electron chi connectivity index (χ0n) is 13.7. The number of nitrogens with one attached hydrogen (secondary N) is 1. The summed E-state index contributed by atoms with van der Waals surface area (Å²) in [6.07, 6.45) is 5.94. The van der Waals surface area contributed by atoms with Crippen molar-refractivity contribution in [1.82, 2.24) is 5.32 Å². The van der Waals surface area contributed by atoms with Crippen LogP contribution in [0.2, 0.25) is 0 Å². The molecule has 2 unspecified atom stereocenters. The van der Waals surface area contributed by atoms with Crippen molar-refractivity contribution in [3.8, 4) is 0 Å². The van der Waals surface area contributed by atoms with Crippen molar-refractivity contribution in [3.05, 3.63) is 0 Å². The zero-order valence-corrected chi connectivity index (χ0v) is 13.7. The van der Waals surface area contributed by atoms with Gasteiger partial charge in [0.25, 0.3) is 0 Å². The lowest BCUT2D eigenvalue weighted by atomic mass is 9.95. The minimum absolute atomic E-state index is 0.0110. The Balaban J connectivity index is 2.22. The molecule has 21 heavy (non-hydrogen) atoms. The molecule has 1 aliphatic carbocycles. The van der Waals surface area contributed by atoms with Gasteiger partial charge in [0.05, 0.1) is 25.9 Å². The SMILES string of the molecule is CCOCC(O)COC(CNC1CCCCC1)COCC. The molecule has 0 aromatic carbocycles. The second-order valence-electron chi connectivity index (χ2n) is 5.67. The van der Waals surface area contributed by atoms with Crippen LogP contribution in [0, 0.1) is 0 Å². The van der Waals surface area contributed by atoms with E-state index in [2.05, 4.69) is 5.32 Å². The number of hydrogen-bond donors (Lipinski definition) is 2. The second kappa shape index (κ2) is 12.4. The van der Waals surface area contributed by atoms with Gasteiger partial charge in [-0.3, -0.25) is 0 Å². The molecule has 126 valence electrons. The topological polar surface area (TPSA) is 60.0 Å². The molecule has 0 heterocycles. The zero-order chi connectivity index (χ0) is 15.3. The predicted octanol–water partition coefficient (Wildman–Crippen LogP) is 1.73. The first-order valence-corrected chi connectivity index (χ1v) is 8.44. The van der Waals surface area contributed by atoms with Gasteiger partial charge >= 0.3 is 0 Å². The summed E-state index contributed by atoms with van der Waals surface area (Å²) in [4.78, 5) is 0. The molecule has 0 bridgehead atoms. The van der Waals surface area contributed by atoms with Crippen molar-refractivity contribution in [2.45, 2.75) is 64.2 Å². The minimum Gasteiger partial charge on any atom is -0.388 e. The van der Waals surface area contributed by atoms with Crippen LogP contribution in [-0.2, 0) is 14.2 Å². The van der Waals surface area contributed by atoms with E-state index in [1.165, 1.54) is 32.1 Å². The lowest BCUT2D eigenvalue weighted by Crippen LogP contribution is -2.41. The molecule has 0 aromatic rings. The predicted molar refractivity (Wildman–Crippen MR) is 83.6 cm³/mol. The number of ether oxygens (including phenoxy) is 3. The van der Waals surface area contributed by atoms with Gasteiger partial charge in [-0.05, 0) is 26.7 Å². The van der Waals surface area contributed by atoms with E-state index >= 15 is 0 Å². The number of hydrogen-bond acceptors (Lipinski definition) is 5. The number of aliphatic hydroxyl groups excluding tert-OH is 1. The Morgan fingerprint density at radius 1 is 1.00 bits per heavy atom. The fourth-order valence-corrected chi connectivity index (χ4v) is 2.57. The van der Waals surface area contributed by atoms with Crippen LogP contribution < -0.4 is 5.32 Å². The number of aliphatic hydroxyl groups is 1. The summed E-state index contributed by atoms with van der Waals surface area (Å²) in [5.74, 6) is 0. The van der Waals surface area contributed by atoms with Gasteiger partial charge in [-0.15, -0.1) is 0 Å². The third-order valence-electron chi connectivity index (χ3n) is 3.79. The quantitative estimate of drug-likeness (QED) is 0.575. The Morgan fingerprint density at radius 3 is 2.33 bits per heavy atom. The van der Waals surface area contributed by atoms with Gasteiger partial charge in [-0.25, -0.2) is 0 Å². The summed E-state index contributed by atoms with van der Waals surface area (Å²) < 4.78 is 16.4. The smallest absolute Gasteiger partial charge is 0.101 e. The van der Waals surface area contributed by atoms with Crippen molar-refractivity contribution in [2.24, 2.45) is 0 Å². The third kappa shape index (κ3) is 9.42. The Bertz CT molecular complexity index is 234. The highest BCUT2D eigenvalue weighted by atomic mass is 16.5. The third-order valence-corrected chi connectivity index (χ3v) is 3.79. The Morgan fingerprint density at radius 2 is 1.67 bits per heavy atom. The van der Waals surface area contributed by atoms with E-state index < -0.39 is 6.10 Å². The van der Waals surface area contributed by atoms with E-state index in [0.29, 0.717) is 39.1 Å². The molecule has 5 nitrogen and oxygen atoms in total. The molecular formula is C16H33NO4. The maximum Gasteiger partial charge on any atom is 0.101 e. The molecule has 0 spiro atoms. The van der Waals surface area contributed by atoms with Gasteiger partial charge in [0, 0.05) is 25.8 Å². The van der Waals surface area contributed by atoms with E-state index in [0.717, 1.165) is 6.54 Å². The molecule has 1 aliphatic rings. The highest BCUT2D eigenvalue weighted by Crippen LogP contribution is 2.17. The number of rotatable bonds is 12. The monoisotopic (exact) mass is 303 g/mol. The molecule has 2 N–H and O–H groups in total. The molecule has 0 aromatic heterocycles. The highest BCUT2D eigenvalue weighted by molar-refractivity contribution is 4.74. The Labute approximate surface area is 129 Å². The summed E-state index contributed by atoms with van der Waals surface area (Å²) in [6, 6.07) is 0.611. The van der Waals surface area contributed by atoms with E-state index in [-0.39, 0.29) is 6.10 Å². The van der Waals surface area contributed by atoms with Crippen LogP contribution in [-0.4, -0.2) is 62.9 Å². The van der Waals surface area contributed by atoms with Crippen LogP contribution in [0.15, 0.2) is 0 Å². The van der Waals surface area contributed by atoms with Gasteiger partial charge in [0.2, 0.25) is 0 Å². The van der Waals surface area contributed by atoms with Crippen molar-refractivity contribution in [1.29, 1.82) is 0 Å². The van der Waals surface area contributed by atoms with Crippen molar-refractivity contribution in [3.63, 3.8) is 0 Å². The summed E-state index contributed by atoms with van der Waals surface area (Å²) in [6.45, 7) is 7.17. The van der Waals surface area contributed by atoms with Crippen LogP contribution in [0.25, 0.3) is 0 Å². The van der Waals surface area contributed by atoms with Crippen LogP contribution in [0.1, 0.15) is 46.0 Å². The van der Waals surface area contributed by atoms with Crippen molar-refractivity contribution >= 4 is 0 Å². The molecule has 2 atom stereocenters. The lowest BCUT2D eigenvalue weighted by molar-refractivity contribution is -0.0657. The van der Waals surface area contributed by atoms with Gasteiger partial charge < -0.3 is 24.6 Å². The van der Waals surface area contributed by atoms with Crippen LogP contribution in [0.5, 0.6) is 0 Å². The van der Waals surface area contributed by atoms with Crippen LogP contribution in [0.4, 0.5) is 0 Å². The maximum absolute atomic E-state index is 9.76. The average molecular weight is 303 g/mol. The summed E-state index contributed by atoms with van der Waals surface area (Å²) >= 11 is 0. The summed E-state index contributed by atoms with van der Waals surface area (Å²) in [5, 5.41) is 13.3. The first-order valence-electron chi connectivity index (χ1n) is 8.44. The summed E-state index contributed by atoms with van der Waals surface area (Å²) in [5.41, 5.74) is 0. The largest absolute Gasteiger partial charge is 0.388 e. The maximum atomic E-state index is 9.76. The van der Waals surface area contributed by atoms with Gasteiger partial charge in [0.1, 0.15) is 6.10 Å². The molecule has 0 radical (unpaired) electrons. The van der Waals surface area contributed by atoms with E-state index in [1.807, 2.05) is 13.8 Å². The first kappa shape index (κ1) is 18.8. The fraction of sp³-hybridized carbons (Fsp3) is 1.00. The minimum atomic E-state index is -0.566. The normalized spacial score (nSPS) is 19.6. The van der Waals surface area contributed by atoms with Crippen molar-refractivity contribution in [2.75, 3.05) is 39.6 Å². The van der Waals surface area contributed by atoms with Gasteiger partial charge in [0.15, 0.2) is 0 Å². The second-order valence-corrected chi connectivity index (χ2v) is 5.67. The Kier molecular flexibility index (Phi) is 11.1. The lowest BCUT2D eigenvalue weighted by Gasteiger charge is -2.26. The fourth-order valence-electron chi connectivity index (χ4n) is 2.57. The van der Waals surface area contributed by atoms with E-state index in [4.69, 9.17) is 14.2 Å². The first-order chi connectivity index (χ1) is 10.3. The van der Waals surface area contributed by atoms with Crippen LogP contribution in [0.3, 0.4) is 0 Å². The molecule has 1 fully saturated rings.